The fourth-order valence-corrected chi connectivity index (χ4v) is 3.18. The minimum absolute atomic E-state index is 0.560. The first kappa shape index (κ1) is 15.8. The van der Waals surface area contributed by atoms with Gasteiger partial charge in [0.2, 0.25) is 5.95 Å². The van der Waals surface area contributed by atoms with E-state index in [-0.39, 0.29) is 0 Å². The Bertz CT molecular complexity index is 621. The van der Waals surface area contributed by atoms with Crippen LogP contribution in [0.25, 0.3) is 0 Å². The molecule has 1 N–H and O–H groups in total. The molecule has 1 aromatic carbocycles. The fraction of sp³-hybridized carbons (Fsp3) is 0.474. The number of nitrogens with zero attached hydrogens (tertiary/aromatic N) is 3. The summed E-state index contributed by atoms with van der Waals surface area (Å²) in [6, 6.07) is 13.0. The number of anilines is 2. The predicted molar refractivity (Wildman–Crippen MR) is 95.8 cm³/mol. The van der Waals surface area contributed by atoms with E-state index in [0.29, 0.717) is 6.04 Å². The van der Waals surface area contributed by atoms with Crippen LogP contribution in [-0.2, 0) is 6.54 Å². The summed E-state index contributed by atoms with van der Waals surface area (Å²) in [4.78, 5) is 11.4. The third kappa shape index (κ3) is 4.44. The minimum Gasteiger partial charge on any atom is -0.367 e. The van der Waals surface area contributed by atoms with Crippen molar-refractivity contribution in [1.82, 2.24) is 9.97 Å². The molecule has 0 atom stereocenters. The number of aryl methyl sites for hydroxylation is 1. The van der Waals surface area contributed by atoms with Crippen molar-refractivity contribution in [2.24, 2.45) is 0 Å². The summed E-state index contributed by atoms with van der Waals surface area (Å²) in [5, 5.41) is 3.60. The largest absolute Gasteiger partial charge is 0.367 e. The summed E-state index contributed by atoms with van der Waals surface area (Å²) in [5.41, 5.74) is 2.27. The van der Waals surface area contributed by atoms with Crippen molar-refractivity contribution in [3.8, 4) is 0 Å². The van der Waals surface area contributed by atoms with Crippen molar-refractivity contribution < 1.29 is 0 Å². The molecule has 0 aliphatic heterocycles. The maximum absolute atomic E-state index is 4.73. The van der Waals surface area contributed by atoms with Crippen molar-refractivity contribution in [2.45, 2.75) is 51.6 Å². The van der Waals surface area contributed by atoms with Crippen LogP contribution < -0.4 is 10.2 Å². The third-order valence-corrected chi connectivity index (χ3v) is 4.40. The number of rotatable bonds is 5. The maximum atomic E-state index is 4.73. The van der Waals surface area contributed by atoms with Crippen molar-refractivity contribution >= 4 is 11.8 Å². The van der Waals surface area contributed by atoms with Gasteiger partial charge in [-0.15, -0.1) is 0 Å². The zero-order valence-corrected chi connectivity index (χ0v) is 14.1. The Balaban J connectivity index is 1.71. The molecule has 23 heavy (non-hydrogen) atoms. The smallest absolute Gasteiger partial charge is 0.227 e. The van der Waals surface area contributed by atoms with Gasteiger partial charge in [0.05, 0.1) is 0 Å². The van der Waals surface area contributed by atoms with Gasteiger partial charge in [0.1, 0.15) is 5.82 Å². The molecule has 2 aromatic rings. The molecule has 122 valence electrons. The predicted octanol–water partition coefficient (Wildman–Crippen LogP) is 4.17. The highest BCUT2D eigenvalue weighted by atomic mass is 15.2. The van der Waals surface area contributed by atoms with Crippen LogP contribution in [-0.4, -0.2) is 23.1 Å². The molecule has 0 saturated heterocycles. The molecule has 1 aliphatic carbocycles. The third-order valence-electron chi connectivity index (χ3n) is 4.40. The van der Waals surface area contributed by atoms with Crippen LogP contribution in [0.3, 0.4) is 0 Å². The quantitative estimate of drug-likeness (QED) is 0.900. The minimum atomic E-state index is 0.560. The molecule has 0 radical (unpaired) electrons. The summed E-state index contributed by atoms with van der Waals surface area (Å²) in [7, 11) is 2.05. The van der Waals surface area contributed by atoms with Crippen LogP contribution in [0.5, 0.6) is 0 Å². The summed E-state index contributed by atoms with van der Waals surface area (Å²) in [6.07, 6.45) is 6.51. The van der Waals surface area contributed by atoms with Crippen molar-refractivity contribution in [2.75, 3.05) is 17.3 Å². The molecular formula is C19H26N4. The first-order chi connectivity index (χ1) is 11.2. The SMILES string of the molecule is Cc1cc(NC2CCCCC2)nc(N(C)Cc2ccccc2)n1. The molecule has 1 saturated carbocycles. The first-order valence-electron chi connectivity index (χ1n) is 8.58. The zero-order valence-electron chi connectivity index (χ0n) is 14.1. The lowest BCUT2D eigenvalue weighted by molar-refractivity contribution is 0.462. The standard InChI is InChI=1S/C19H26N4/c1-15-13-18(21-17-11-7-4-8-12-17)22-19(20-15)23(2)14-16-9-5-3-6-10-16/h3,5-6,9-10,13,17H,4,7-8,11-12,14H2,1-2H3,(H,20,21,22). The number of hydrogen-bond donors (Lipinski definition) is 1. The molecule has 0 bridgehead atoms. The van der Waals surface area contributed by atoms with E-state index >= 15 is 0 Å². The number of hydrogen-bond acceptors (Lipinski definition) is 4. The highest BCUT2D eigenvalue weighted by molar-refractivity contribution is 5.44. The average molecular weight is 310 g/mol. The van der Waals surface area contributed by atoms with Crippen LogP contribution >= 0.6 is 0 Å². The van der Waals surface area contributed by atoms with Gasteiger partial charge in [0.15, 0.2) is 0 Å². The number of nitrogens with one attached hydrogen (secondary N) is 1. The molecule has 4 heteroatoms. The van der Waals surface area contributed by atoms with Gasteiger partial charge in [-0.2, -0.15) is 4.98 Å². The second-order valence-corrected chi connectivity index (χ2v) is 6.52. The Morgan fingerprint density at radius 1 is 1.09 bits per heavy atom. The zero-order chi connectivity index (χ0) is 16.1. The van der Waals surface area contributed by atoms with E-state index in [9.17, 15) is 0 Å². The van der Waals surface area contributed by atoms with Gasteiger partial charge in [-0.05, 0) is 25.3 Å². The van der Waals surface area contributed by atoms with Crippen LogP contribution in [0, 0.1) is 6.92 Å². The summed E-state index contributed by atoms with van der Waals surface area (Å²) in [6.45, 7) is 2.85. The van der Waals surface area contributed by atoms with E-state index in [2.05, 4.69) is 45.5 Å². The molecule has 1 aliphatic rings. The molecule has 0 unspecified atom stereocenters. The second-order valence-electron chi connectivity index (χ2n) is 6.52. The summed E-state index contributed by atoms with van der Waals surface area (Å²) < 4.78 is 0. The summed E-state index contributed by atoms with van der Waals surface area (Å²) in [5.74, 6) is 1.74. The lowest BCUT2D eigenvalue weighted by Crippen LogP contribution is -2.24. The van der Waals surface area contributed by atoms with Gasteiger partial charge in [-0.25, -0.2) is 4.98 Å². The lowest BCUT2D eigenvalue weighted by Gasteiger charge is -2.24. The Morgan fingerprint density at radius 2 is 1.83 bits per heavy atom. The number of aromatic nitrogens is 2. The summed E-state index contributed by atoms with van der Waals surface area (Å²) >= 11 is 0. The fourth-order valence-electron chi connectivity index (χ4n) is 3.18. The van der Waals surface area contributed by atoms with E-state index in [0.717, 1.165) is 24.0 Å². The van der Waals surface area contributed by atoms with E-state index in [1.165, 1.54) is 37.7 Å². The molecule has 0 spiro atoms. The van der Waals surface area contributed by atoms with E-state index in [1.807, 2.05) is 20.0 Å². The Hall–Kier alpha value is -2.10. The molecule has 0 amide bonds. The first-order valence-corrected chi connectivity index (χ1v) is 8.58. The Kier molecular flexibility index (Phi) is 5.11. The highest BCUT2D eigenvalue weighted by Crippen LogP contribution is 2.22. The van der Waals surface area contributed by atoms with Crippen molar-refractivity contribution in [3.63, 3.8) is 0 Å². The molecule has 1 aromatic heterocycles. The van der Waals surface area contributed by atoms with Gasteiger partial charge < -0.3 is 10.2 Å². The molecule has 4 nitrogen and oxygen atoms in total. The van der Waals surface area contributed by atoms with E-state index in [4.69, 9.17) is 4.98 Å². The van der Waals surface area contributed by atoms with Crippen LogP contribution in [0.1, 0.15) is 43.4 Å². The van der Waals surface area contributed by atoms with E-state index in [1.54, 1.807) is 0 Å². The van der Waals surface area contributed by atoms with Gasteiger partial charge in [0.25, 0.3) is 0 Å². The second kappa shape index (κ2) is 7.44. The monoisotopic (exact) mass is 310 g/mol. The molecular weight excluding hydrogens is 284 g/mol. The lowest BCUT2D eigenvalue weighted by atomic mass is 9.95. The highest BCUT2D eigenvalue weighted by Gasteiger charge is 2.15. The maximum Gasteiger partial charge on any atom is 0.227 e. The van der Waals surface area contributed by atoms with Gasteiger partial charge in [-0.3, -0.25) is 0 Å². The van der Waals surface area contributed by atoms with Gasteiger partial charge in [0, 0.05) is 31.4 Å². The normalized spacial score (nSPS) is 15.4. The van der Waals surface area contributed by atoms with Crippen LogP contribution in [0.4, 0.5) is 11.8 Å². The van der Waals surface area contributed by atoms with Crippen LogP contribution in [0.2, 0.25) is 0 Å². The van der Waals surface area contributed by atoms with Crippen molar-refractivity contribution in [1.29, 1.82) is 0 Å². The molecule has 1 heterocycles. The van der Waals surface area contributed by atoms with Crippen molar-refractivity contribution in [3.05, 3.63) is 47.7 Å². The molecule has 3 rings (SSSR count). The molecule has 1 fully saturated rings. The average Bonchev–Trinajstić information content (AvgIpc) is 2.56. The Morgan fingerprint density at radius 3 is 2.57 bits per heavy atom. The Labute approximate surface area is 139 Å². The van der Waals surface area contributed by atoms with E-state index < -0.39 is 0 Å². The van der Waals surface area contributed by atoms with Gasteiger partial charge >= 0.3 is 0 Å². The van der Waals surface area contributed by atoms with Crippen LogP contribution in [0.15, 0.2) is 36.4 Å². The van der Waals surface area contributed by atoms with Gasteiger partial charge in [-0.1, -0.05) is 49.6 Å². The number of benzene rings is 1. The topological polar surface area (TPSA) is 41.1 Å².